The molecule has 0 radical (unpaired) electrons. The lowest BCUT2D eigenvalue weighted by atomic mass is 9.94. The molecule has 0 amide bonds. The Morgan fingerprint density at radius 3 is 2.71 bits per heavy atom. The minimum Gasteiger partial charge on any atom is -0.477 e. The van der Waals surface area contributed by atoms with Crippen LogP contribution in [-0.4, -0.2) is 47.7 Å². The van der Waals surface area contributed by atoms with Gasteiger partial charge in [0, 0.05) is 48.8 Å². The van der Waals surface area contributed by atoms with Crippen LogP contribution >= 0.6 is 11.6 Å². The minimum absolute atomic E-state index is 0.264. The van der Waals surface area contributed by atoms with Crippen LogP contribution in [0.4, 0.5) is 20.3 Å². The number of nitrogens with two attached hydrogens (primary N) is 1. The van der Waals surface area contributed by atoms with Crippen LogP contribution in [-0.2, 0) is 7.05 Å². The number of nitrogen functional groups attached to an aromatic ring is 1. The molecule has 0 saturated heterocycles. The molecule has 0 saturated carbocycles. The predicted molar refractivity (Wildman–Crippen MR) is 128 cm³/mol. The first-order valence-electron chi connectivity index (χ1n) is 10.6. The van der Waals surface area contributed by atoms with Crippen LogP contribution in [0.5, 0.6) is 5.88 Å². The molecule has 3 N–H and O–H groups in total. The zero-order chi connectivity index (χ0) is 25.2. The first kappa shape index (κ1) is 24.3. The summed E-state index contributed by atoms with van der Waals surface area (Å²) < 4.78 is 34.2. The fraction of sp³-hybridized carbons (Fsp3) is 0.318. The van der Waals surface area contributed by atoms with Crippen molar-refractivity contribution in [2.75, 3.05) is 24.2 Å². The number of halogens is 3. The van der Waals surface area contributed by atoms with Gasteiger partial charge in [-0.25, -0.2) is 24.3 Å². The lowest BCUT2D eigenvalue weighted by Gasteiger charge is -2.26. The van der Waals surface area contributed by atoms with Crippen molar-refractivity contribution >= 4 is 23.1 Å². The third-order valence-corrected chi connectivity index (χ3v) is 5.32. The molecule has 184 valence electrons. The summed E-state index contributed by atoms with van der Waals surface area (Å²) in [4.78, 5) is 12.6. The number of nitrogens with zero attached hydrogens (tertiary/aromatic N) is 7. The van der Waals surface area contributed by atoms with Gasteiger partial charge in [0.2, 0.25) is 5.88 Å². The summed E-state index contributed by atoms with van der Waals surface area (Å²) in [7, 11) is 1.76. The molecule has 0 aliphatic carbocycles. The highest BCUT2D eigenvalue weighted by molar-refractivity contribution is 6.29. The van der Waals surface area contributed by atoms with Gasteiger partial charge in [0.25, 0.3) is 0 Å². The smallest absolute Gasteiger partial charge is 0.333 e. The third kappa shape index (κ3) is 5.65. The Morgan fingerprint density at radius 2 is 2.00 bits per heavy atom. The fourth-order valence-electron chi connectivity index (χ4n) is 3.27. The Morgan fingerprint density at radius 1 is 1.20 bits per heavy atom. The summed E-state index contributed by atoms with van der Waals surface area (Å²) in [6.07, 6.45) is 5.91. The molecule has 0 unspecified atom stereocenters. The molecule has 4 aromatic heterocycles. The number of aryl methyl sites for hydroxylation is 1. The van der Waals surface area contributed by atoms with E-state index in [0.717, 1.165) is 0 Å². The second-order valence-corrected chi connectivity index (χ2v) is 9.00. The van der Waals surface area contributed by atoms with Crippen molar-refractivity contribution in [2.45, 2.75) is 20.4 Å². The maximum absolute atomic E-state index is 13.0. The van der Waals surface area contributed by atoms with Gasteiger partial charge in [-0.3, -0.25) is 0 Å². The lowest BCUT2D eigenvalue weighted by molar-refractivity contribution is 0.0568. The molecule has 10 nitrogen and oxygen atoms in total. The minimum atomic E-state index is -2.73. The van der Waals surface area contributed by atoms with E-state index in [2.05, 4.69) is 30.5 Å². The Labute approximate surface area is 205 Å². The van der Waals surface area contributed by atoms with E-state index in [1.54, 1.807) is 36.3 Å². The molecule has 0 atom stereocenters. The van der Waals surface area contributed by atoms with Crippen LogP contribution in [0, 0.1) is 5.41 Å². The number of anilines is 2. The van der Waals surface area contributed by atoms with Crippen LogP contribution in [0.2, 0.25) is 5.15 Å². The molecule has 0 bridgehead atoms. The fourth-order valence-corrected chi connectivity index (χ4v) is 3.43. The van der Waals surface area contributed by atoms with Gasteiger partial charge in [-0.05, 0) is 18.2 Å². The van der Waals surface area contributed by atoms with Crippen LogP contribution in [0.15, 0.2) is 43.0 Å². The molecule has 4 aromatic rings. The molecule has 0 aliphatic rings. The number of alkyl halides is 2. The summed E-state index contributed by atoms with van der Waals surface area (Å²) in [5, 5.41) is 11.8. The molecular formula is C22H24ClF2N9O. The number of rotatable bonds is 9. The first-order valence-corrected chi connectivity index (χ1v) is 11.0. The Kier molecular flexibility index (Phi) is 6.83. The first-order chi connectivity index (χ1) is 16.6. The zero-order valence-corrected chi connectivity index (χ0v) is 20.0. The van der Waals surface area contributed by atoms with E-state index in [1.807, 2.05) is 13.8 Å². The van der Waals surface area contributed by atoms with Crippen molar-refractivity contribution in [3.8, 4) is 28.5 Å². The zero-order valence-electron chi connectivity index (χ0n) is 19.3. The summed E-state index contributed by atoms with van der Waals surface area (Å²) in [6.45, 7) is 2.09. The molecule has 0 aliphatic heterocycles. The number of hydrogen-bond donors (Lipinski definition) is 2. The van der Waals surface area contributed by atoms with Crippen molar-refractivity contribution in [2.24, 2.45) is 12.5 Å². The standard InChI is InChI=1S/C22H24ClF2N9O/c1-22(2,12-35-20-14(10-30-33(20)3)19-27-6-4-18(26)31-19)11-29-16-8-17(23)28-9-13(16)15-5-7-34(32-15)21(24)25/h4-10,21H,11-12H2,1-3H3,(H,28,29)(H2,26,27,31). The van der Waals surface area contributed by atoms with Gasteiger partial charge in [0.1, 0.15) is 16.5 Å². The molecule has 0 aromatic carbocycles. The van der Waals surface area contributed by atoms with Gasteiger partial charge >= 0.3 is 6.55 Å². The van der Waals surface area contributed by atoms with Crippen LogP contribution in [0.25, 0.3) is 22.6 Å². The Balaban J connectivity index is 1.48. The quantitative estimate of drug-likeness (QED) is 0.324. The summed E-state index contributed by atoms with van der Waals surface area (Å²) >= 11 is 6.09. The van der Waals surface area contributed by atoms with Gasteiger partial charge in [-0.2, -0.15) is 19.0 Å². The topological polar surface area (TPSA) is 122 Å². The summed E-state index contributed by atoms with van der Waals surface area (Å²) in [5.74, 6) is 1.27. The summed E-state index contributed by atoms with van der Waals surface area (Å²) in [6, 6.07) is 4.73. The highest BCUT2D eigenvalue weighted by Gasteiger charge is 2.23. The number of pyridine rings is 1. The van der Waals surface area contributed by atoms with Gasteiger partial charge in [-0.1, -0.05) is 25.4 Å². The largest absolute Gasteiger partial charge is 0.477 e. The maximum atomic E-state index is 13.0. The predicted octanol–water partition coefficient (Wildman–Crippen LogP) is 4.28. The molecular weight excluding hydrogens is 480 g/mol. The number of nitrogens with one attached hydrogen (secondary N) is 1. The van der Waals surface area contributed by atoms with Crippen molar-refractivity contribution in [1.82, 2.24) is 34.5 Å². The van der Waals surface area contributed by atoms with Crippen molar-refractivity contribution in [1.29, 1.82) is 0 Å². The highest BCUT2D eigenvalue weighted by atomic mass is 35.5. The average molecular weight is 504 g/mol. The van der Waals surface area contributed by atoms with Gasteiger partial charge in [-0.15, -0.1) is 0 Å². The van der Waals surface area contributed by atoms with Gasteiger partial charge < -0.3 is 15.8 Å². The van der Waals surface area contributed by atoms with E-state index in [4.69, 9.17) is 22.1 Å². The lowest BCUT2D eigenvalue weighted by Crippen LogP contribution is -2.30. The van der Waals surface area contributed by atoms with Crippen LogP contribution < -0.4 is 15.8 Å². The third-order valence-electron chi connectivity index (χ3n) is 5.11. The molecule has 13 heteroatoms. The number of hydrogen-bond acceptors (Lipinski definition) is 8. The normalized spacial score (nSPS) is 11.7. The Bertz CT molecular complexity index is 1320. The van der Waals surface area contributed by atoms with Crippen molar-refractivity contribution in [3.05, 3.63) is 48.1 Å². The molecule has 0 spiro atoms. The highest BCUT2D eigenvalue weighted by Crippen LogP contribution is 2.31. The molecule has 0 fully saturated rings. The van der Waals surface area contributed by atoms with E-state index in [0.29, 0.717) is 57.9 Å². The monoisotopic (exact) mass is 503 g/mol. The van der Waals surface area contributed by atoms with Crippen LogP contribution in [0.3, 0.4) is 0 Å². The number of ether oxygens (including phenoxy) is 1. The number of aromatic nitrogens is 7. The van der Waals surface area contributed by atoms with E-state index in [9.17, 15) is 8.78 Å². The van der Waals surface area contributed by atoms with Crippen LogP contribution in [0.1, 0.15) is 20.4 Å². The van der Waals surface area contributed by atoms with Gasteiger partial charge in [0.15, 0.2) is 5.82 Å². The van der Waals surface area contributed by atoms with E-state index in [-0.39, 0.29) is 10.6 Å². The Hall–Kier alpha value is -3.80. The molecule has 4 heterocycles. The van der Waals surface area contributed by atoms with Crippen molar-refractivity contribution in [3.63, 3.8) is 0 Å². The second kappa shape index (κ2) is 9.82. The SMILES string of the molecule is Cn1ncc(-c2nccc(N)n2)c1OCC(C)(C)CNc1cc(Cl)ncc1-c1ccn(C(F)F)n1. The summed E-state index contributed by atoms with van der Waals surface area (Å²) in [5.41, 5.74) is 7.57. The maximum Gasteiger partial charge on any atom is 0.333 e. The van der Waals surface area contributed by atoms with Crippen molar-refractivity contribution < 1.29 is 13.5 Å². The molecule has 4 rings (SSSR count). The second-order valence-electron chi connectivity index (χ2n) is 8.61. The van der Waals surface area contributed by atoms with Gasteiger partial charge in [0.05, 0.1) is 18.5 Å². The van der Waals surface area contributed by atoms with E-state index < -0.39 is 6.55 Å². The van der Waals surface area contributed by atoms with E-state index in [1.165, 1.54) is 18.5 Å². The average Bonchev–Trinajstić information content (AvgIpc) is 3.44. The molecule has 35 heavy (non-hydrogen) atoms. The van der Waals surface area contributed by atoms with E-state index >= 15 is 0 Å².